The Kier molecular flexibility index (Phi) is 4.69. The first-order chi connectivity index (χ1) is 11.7. The Hall–Kier alpha value is -2.97. The standard InChI is InChI=1S/C19H15FN2O2/c1-2-24-13-16-12-21-18-11-15(8-9-22(18)19(16)23)7-6-14-4-3-5-17(20)10-14/h3-5,8-12H,2,13H2,1H3. The van der Waals surface area contributed by atoms with Crippen molar-refractivity contribution in [2.24, 2.45) is 0 Å². The van der Waals surface area contributed by atoms with E-state index in [1.165, 1.54) is 22.7 Å². The molecular weight excluding hydrogens is 307 g/mol. The molecular formula is C19H15FN2O2. The summed E-state index contributed by atoms with van der Waals surface area (Å²) >= 11 is 0. The van der Waals surface area contributed by atoms with Gasteiger partial charge in [-0.15, -0.1) is 0 Å². The van der Waals surface area contributed by atoms with Crippen molar-refractivity contribution >= 4 is 5.65 Å². The van der Waals surface area contributed by atoms with Crippen molar-refractivity contribution < 1.29 is 9.13 Å². The summed E-state index contributed by atoms with van der Waals surface area (Å²) < 4.78 is 19.9. The highest BCUT2D eigenvalue weighted by Crippen LogP contribution is 2.05. The van der Waals surface area contributed by atoms with Gasteiger partial charge in [0.1, 0.15) is 11.5 Å². The molecule has 3 rings (SSSR count). The summed E-state index contributed by atoms with van der Waals surface area (Å²) in [5.41, 5.74) is 2.15. The van der Waals surface area contributed by atoms with Crippen LogP contribution < -0.4 is 5.56 Å². The van der Waals surface area contributed by atoms with Gasteiger partial charge in [0, 0.05) is 30.1 Å². The molecule has 0 saturated heterocycles. The van der Waals surface area contributed by atoms with Crippen molar-refractivity contribution in [3.63, 3.8) is 0 Å². The number of benzene rings is 1. The van der Waals surface area contributed by atoms with Gasteiger partial charge < -0.3 is 4.74 Å². The normalized spacial score (nSPS) is 10.4. The molecule has 0 aliphatic heterocycles. The van der Waals surface area contributed by atoms with E-state index in [1.807, 2.05) is 6.92 Å². The largest absolute Gasteiger partial charge is 0.377 e. The molecule has 0 amide bonds. The van der Waals surface area contributed by atoms with Crippen LogP contribution in [0.5, 0.6) is 0 Å². The van der Waals surface area contributed by atoms with Gasteiger partial charge in [-0.05, 0) is 37.3 Å². The molecule has 0 unspecified atom stereocenters. The molecule has 2 heterocycles. The second kappa shape index (κ2) is 7.07. The van der Waals surface area contributed by atoms with Gasteiger partial charge >= 0.3 is 0 Å². The van der Waals surface area contributed by atoms with Crippen molar-refractivity contribution in [1.29, 1.82) is 0 Å². The van der Waals surface area contributed by atoms with Crippen LogP contribution in [0.15, 0.2) is 53.6 Å². The molecule has 5 heteroatoms. The van der Waals surface area contributed by atoms with E-state index >= 15 is 0 Å². The van der Waals surface area contributed by atoms with Gasteiger partial charge in [0.15, 0.2) is 0 Å². The Bertz CT molecular complexity index is 999. The van der Waals surface area contributed by atoms with E-state index in [0.29, 0.717) is 28.9 Å². The molecule has 0 spiro atoms. The average molecular weight is 322 g/mol. The van der Waals surface area contributed by atoms with Crippen LogP contribution in [0, 0.1) is 17.7 Å². The van der Waals surface area contributed by atoms with Gasteiger partial charge in [-0.3, -0.25) is 9.20 Å². The fraction of sp³-hybridized carbons (Fsp3) is 0.158. The van der Waals surface area contributed by atoms with Crippen molar-refractivity contribution in [2.75, 3.05) is 6.61 Å². The molecule has 3 aromatic rings. The Morgan fingerprint density at radius 3 is 2.75 bits per heavy atom. The summed E-state index contributed by atoms with van der Waals surface area (Å²) in [7, 11) is 0. The quantitative estimate of drug-likeness (QED) is 0.697. The van der Waals surface area contributed by atoms with E-state index in [-0.39, 0.29) is 18.0 Å². The summed E-state index contributed by atoms with van der Waals surface area (Å²) in [5.74, 6) is 5.52. The summed E-state index contributed by atoms with van der Waals surface area (Å²) in [6.45, 7) is 2.65. The predicted molar refractivity (Wildman–Crippen MR) is 89.2 cm³/mol. The van der Waals surface area contributed by atoms with Crippen LogP contribution in [-0.2, 0) is 11.3 Å². The molecule has 0 N–H and O–H groups in total. The van der Waals surface area contributed by atoms with Gasteiger partial charge in [0.2, 0.25) is 0 Å². The molecule has 4 nitrogen and oxygen atoms in total. The molecule has 120 valence electrons. The lowest BCUT2D eigenvalue weighted by molar-refractivity contribution is 0.133. The predicted octanol–water partition coefficient (Wildman–Crippen LogP) is 2.77. The third-order valence-electron chi connectivity index (χ3n) is 3.42. The average Bonchev–Trinajstić information content (AvgIpc) is 2.59. The number of pyridine rings is 1. The molecule has 2 aromatic heterocycles. The summed E-state index contributed by atoms with van der Waals surface area (Å²) in [6, 6.07) is 9.54. The van der Waals surface area contributed by atoms with Gasteiger partial charge in [-0.25, -0.2) is 9.37 Å². The molecule has 0 saturated carbocycles. The maximum absolute atomic E-state index is 13.1. The first kappa shape index (κ1) is 15.9. The Morgan fingerprint density at radius 1 is 1.21 bits per heavy atom. The number of aromatic nitrogens is 2. The highest BCUT2D eigenvalue weighted by molar-refractivity contribution is 5.49. The Morgan fingerprint density at radius 2 is 2.00 bits per heavy atom. The summed E-state index contributed by atoms with van der Waals surface area (Å²) in [5, 5.41) is 0. The molecule has 24 heavy (non-hydrogen) atoms. The highest BCUT2D eigenvalue weighted by Gasteiger charge is 2.05. The minimum absolute atomic E-state index is 0.155. The van der Waals surface area contributed by atoms with Crippen molar-refractivity contribution in [2.45, 2.75) is 13.5 Å². The lowest BCUT2D eigenvalue weighted by Crippen LogP contribution is -2.20. The summed E-state index contributed by atoms with van der Waals surface area (Å²) in [4.78, 5) is 16.6. The SMILES string of the molecule is CCOCc1cnc2cc(C#Cc3cccc(F)c3)ccn2c1=O. The van der Waals surface area contributed by atoms with Gasteiger partial charge in [0.05, 0.1) is 12.2 Å². The first-order valence-corrected chi connectivity index (χ1v) is 7.53. The van der Waals surface area contributed by atoms with Crippen LogP contribution in [0.1, 0.15) is 23.6 Å². The number of halogens is 1. The van der Waals surface area contributed by atoms with Crippen LogP contribution in [0.2, 0.25) is 0 Å². The second-order valence-electron chi connectivity index (χ2n) is 5.13. The van der Waals surface area contributed by atoms with Crippen LogP contribution in [0.25, 0.3) is 5.65 Å². The molecule has 0 aliphatic carbocycles. The van der Waals surface area contributed by atoms with Crippen molar-refractivity contribution in [3.8, 4) is 11.8 Å². The number of ether oxygens (including phenoxy) is 1. The maximum atomic E-state index is 13.1. The second-order valence-corrected chi connectivity index (χ2v) is 5.13. The fourth-order valence-electron chi connectivity index (χ4n) is 2.21. The lowest BCUT2D eigenvalue weighted by atomic mass is 10.2. The van der Waals surface area contributed by atoms with Crippen LogP contribution in [-0.4, -0.2) is 16.0 Å². The zero-order chi connectivity index (χ0) is 16.9. The van der Waals surface area contributed by atoms with E-state index in [2.05, 4.69) is 16.8 Å². The lowest BCUT2D eigenvalue weighted by Gasteiger charge is -2.04. The molecule has 0 radical (unpaired) electrons. The zero-order valence-corrected chi connectivity index (χ0v) is 13.1. The number of hydrogen-bond donors (Lipinski definition) is 0. The van der Waals surface area contributed by atoms with E-state index in [1.54, 1.807) is 30.5 Å². The molecule has 0 aliphatic rings. The molecule has 0 fully saturated rings. The Labute approximate surface area is 138 Å². The van der Waals surface area contributed by atoms with Gasteiger partial charge in [-0.1, -0.05) is 17.9 Å². The van der Waals surface area contributed by atoms with Crippen LogP contribution in [0.3, 0.4) is 0 Å². The van der Waals surface area contributed by atoms with Crippen LogP contribution >= 0.6 is 0 Å². The number of hydrogen-bond acceptors (Lipinski definition) is 3. The number of fused-ring (bicyclic) bond motifs is 1. The maximum Gasteiger partial charge on any atom is 0.263 e. The smallest absolute Gasteiger partial charge is 0.263 e. The molecule has 1 aromatic carbocycles. The summed E-state index contributed by atoms with van der Waals surface area (Å²) in [6.07, 6.45) is 3.16. The Balaban J connectivity index is 1.94. The van der Waals surface area contributed by atoms with E-state index in [9.17, 15) is 9.18 Å². The highest BCUT2D eigenvalue weighted by atomic mass is 19.1. The minimum Gasteiger partial charge on any atom is -0.377 e. The number of rotatable bonds is 3. The van der Waals surface area contributed by atoms with Crippen molar-refractivity contribution in [3.05, 3.63) is 81.7 Å². The third kappa shape index (κ3) is 3.50. The topological polar surface area (TPSA) is 43.6 Å². The fourth-order valence-corrected chi connectivity index (χ4v) is 2.21. The minimum atomic E-state index is -0.324. The van der Waals surface area contributed by atoms with E-state index < -0.39 is 0 Å². The zero-order valence-electron chi connectivity index (χ0n) is 13.1. The first-order valence-electron chi connectivity index (χ1n) is 7.53. The number of nitrogens with zero attached hydrogens (tertiary/aromatic N) is 2. The molecule has 0 atom stereocenters. The molecule has 0 bridgehead atoms. The van der Waals surface area contributed by atoms with Crippen LogP contribution in [0.4, 0.5) is 4.39 Å². The monoisotopic (exact) mass is 322 g/mol. The third-order valence-corrected chi connectivity index (χ3v) is 3.42. The van der Waals surface area contributed by atoms with Gasteiger partial charge in [-0.2, -0.15) is 0 Å². The van der Waals surface area contributed by atoms with E-state index in [0.717, 1.165) is 0 Å². The van der Waals surface area contributed by atoms with E-state index in [4.69, 9.17) is 4.74 Å². The van der Waals surface area contributed by atoms with Crippen molar-refractivity contribution in [1.82, 2.24) is 9.38 Å². The van der Waals surface area contributed by atoms with Gasteiger partial charge in [0.25, 0.3) is 5.56 Å².